The molecule has 0 aliphatic heterocycles. The highest BCUT2D eigenvalue weighted by molar-refractivity contribution is 7.89. The fraction of sp³-hybridized carbons (Fsp3) is 0.143. The number of sulfonamides is 1. The summed E-state index contributed by atoms with van der Waals surface area (Å²) >= 11 is 7.13. The van der Waals surface area contributed by atoms with Crippen LogP contribution in [0.25, 0.3) is 0 Å². The third kappa shape index (κ3) is 5.65. The number of amides is 2. The van der Waals surface area contributed by atoms with Crippen molar-refractivity contribution in [1.29, 1.82) is 0 Å². The Kier molecular flexibility index (Phi) is 7.52. The Morgan fingerprint density at radius 1 is 1.12 bits per heavy atom. The Morgan fingerprint density at radius 2 is 1.88 bits per heavy atom. The highest BCUT2D eigenvalue weighted by Crippen LogP contribution is 2.25. The number of ether oxygens (including phenoxy) is 1. The van der Waals surface area contributed by atoms with Crippen molar-refractivity contribution in [2.45, 2.75) is 11.3 Å². The molecule has 2 aromatic carbocycles. The first-order valence-electron chi connectivity index (χ1n) is 9.32. The lowest BCUT2D eigenvalue weighted by atomic mass is 10.1. The fourth-order valence-electron chi connectivity index (χ4n) is 2.95. The second kappa shape index (κ2) is 10.1. The molecule has 0 radical (unpaired) electrons. The van der Waals surface area contributed by atoms with Gasteiger partial charge in [-0.05, 0) is 47.7 Å². The molecule has 1 heterocycles. The van der Waals surface area contributed by atoms with Crippen molar-refractivity contribution in [3.8, 4) is 5.75 Å². The highest BCUT2D eigenvalue weighted by Gasteiger charge is 2.18. The average molecular weight is 494 g/mol. The molecule has 1 aromatic heterocycles. The van der Waals surface area contributed by atoms with Gasteiger partial charge < -0.3 is 15.4 Å². The van der Waals surface area contributed by atoms with Gasteiger partial charge in [0.25, 0.3) is 11.8 Å². The number of hydrogen-bond donors (Lipinski definition) is 3. The molecule has 0 spiro atoms. The molecule has 3 aromatic rings. The van der Waals surface area contributed by atoms with Crippen LogP contribution in [0.2, 0.25) is 5.02 Å². The van der Waals surface area contributed by atoms with E-state index in [0.29, 0.717) is 23.5 Å². The Labute approximate surface area is 194 Å². The molecule has 4 N–H and O–H groups in total. The molecule has 2 amide bonds. The molecule has 168 valence electrons. The molecule has 0 atom stereocenters. The molecule has 0 bridgehead atoms. The van der Waals surface area contributed by atoms with E-state index in [1.807, 2.05) is 24.3 Å². The van der Waals surface area contributed by atoms with Gasteiger partial charge in [-0.1, -0.05) is 29.8 Å². The van der Waals surface area contributed by atoms with Crippen LogP contribution >= 0.6 is 22.9 Å². The van der Waals surface area contributed by atoms with Crippen molar-refractivity contribution >= 4 is 50.5 Å². The third-order valence-electron chi connectivity index (χ3n) is 4.49. The van der Waals surface area contributed by atoms with Crippen molar-refractivity contribution in [1.82, 2.24) is 5.32 Å². The van der Waals surface area contributed by atoms with Crippen LogP contribution in [-0.2, 0) is 16.4 Å². The minimum atomic E-state index is -4.00. The van der Waals surface area contributed by atoms with Crippen molar-refractivity contribution in [3.63, 3.8) is 0 Å². The summed E-state index contributed by atoms with van der Waals surface area (Å²) in [7, 11) is -2.41. The molecule has 0 saturated heterocycles. The van der Waals surface area contributed by atoms with Crippen LogP contribution in [0.15, 0.2) is 58.8 Å². The Hall–Kier alpha value is -2.92. The minimum absolute atomic E-state index is 0.121. The Bertz CT molecular complexity index is 1260. The second-order valence-corrected chi connectivity index (χ2v) is 9.48. The van der Waals surface area contributed by atoms with Gasteiger partial charge in [-0.25, -0.2) is 13.6 Å². The van der Waals surface area contributed by atoms with E-state index in [1.165, 1.54) is 23.5 Å². The summed E-state index contributed by atoms with van der Waals surface area (Å²) in [6.07, 6.45) is 0.581. The SMILES string of the molecule is COc1ccccc1CCNC(=O)c1sccc1NC(=O)c1ccc(S(N)(=O)=O)c(Cl)c1. The van der Waals surface area contributed by atoms with E-state index < -0.39 is 15.9 Å². The van der Waals surface area contributed by atoms with Crippen LogP contribution < -0.4 is 20.5 Å². The monoisotopic (exact) mass is 493 g/mol. The van der Waals surface area contributed by atoms with Gasteiger partial charge in [0, 0.05) is 12.1 Å². The third-order valence-corrected chi connectivity index (χ3v) is 6.80. The van der Waals surface area contributed by atoms with Crippen LogP contribution in [0.5, 0.6) is 5.75 Å². The van der Waals surface area contributed by atoms with Crippen LogP contribution in [0.1, 0.15) is 25.6 Å². The van der Waals surface area contributed by atoms with Crippen LogP contribution in [0.3, 0.4) is 0 Å². The molecule has 0 aliphatic carbocycles. The van der Waals surface area contributed by atoms with Crippen LogP contribution in [0.4, 0.5) is 5.69 Å². The average Bonchev–Trinajstić information content (AvgIpc) is 3.21. The molecule has 32 heavy (non-hydrogen) atoms. The van der Waals surface area contributed by atoms with Crippen LogP contribution in [-0.4, -0.2) is 33.9 Å². The number of carbonyl (C=O) groups excluding carboxylic acids is 2. The molecule has 0 saturated carbocycles. The number of nitrogens with two attached hydrogens (primary N) is 1. The van der Waals surface area contributed by atoms with E-state index in [-0.39, 0.29) is 21.4 Å². The van der Waals surface area contributed by atoms with E-state index in [1.54, 1.807) is 18.6 Å². The molecular weight excluding hydrogens is 474 g/mol. The van der Waals surface area contributed by atoms with Gasteiger partial charge in [0.05, 0.1) is 17.8 Å². The second-order valence-electron chi connectivity index (χ2n) is 6.63. The normalized spacial score (nSPS) is 11.1. The summed E-state index contributed by atoms with van der Waals surface area (Å²) in [5, 5.41) is 12.1. The van der Waals surface area contributed by atoms with Crippen molar-refractivity contribution in [2.24, 2.45) is 5.14 Å². The van der Waals surface area contributed by atoms with E-state index >= 15 is 0 Å². The van der Waals surface area contributed by atoms with E-state index in [2.05, 4.69) is 10.6 Å². The predicted molar refractivity (Wildman–Crippen MR) is 124 cm³/mol. The maximum Gasteiger partial charge on any atom is 0.263 e. The van der Waals surface area contributed by atoms with E-state index in [4.69, 9.17) is 21.5 Å². The van der Waals surface area contributed by atoms with Gasteiger partial charge in [0.15, 0.2) is 0 Å². The van der Waals surface area contributed by atoms with E-state index in [9.17, 15) is 18.0 Å². The number of methoxy groups -OCH3 is 1. The summed E-state index contributed by atoms with van der Waals surface area (Å²) in [5.74, 6) is -0.125. The number of rotatable bonds is 8. The Balaban J connectivity index is 1.65. The number of halogens is 1. The minimum Gasteiger partial charge on any atom is -0.496 e. The zero-order valence-corrected chi connectivity index (χ0v) is 19.3. The summed E-state index contributed by atoms with van der Waals surface area (Å²) in [4.78, 5) is 25.3. The zero-order valence-electron chi connectivity index (χ0n) is 16.9. The zero-order chi connectivity index (χ0) is 23.3. The lowest BCUT2D eigenvalue weighted by Crippen LogP contribution is -2.26. The number of anilines is 1. The molecule has 8 nitrogen and oxygen atoms in total. The first kappa shape index (κ1) is 23.7. The van der Waals surface area contributed by atoms with Crippen molar-refractivity contribution in [2.75, 3.05) is 19.0 Å². The van der Waals surface area contributed by atoms with Gasteiger partial charge in [-0.3, -0.25) is 9.59 Å². The number of nitrogens with one attached hydrogen (secondary N) is 2. The number of hydrogen-bond acceptors (Lipinski definition) is 6. The van der Waals surface area contributed by atoms with Gasteiger partial charge in [-0.15, -0.1) is 11.3 Å². The molecule has 11 heteroatoms. The lowest BCUT2D eigenvalue weighted by molar-refractivity contribution is 0.0959. The topological polar surface area (TPSA) is 128 Å². The molecule has 0 fully saturated rings. The maximum atomic E-state index is 12.6. The number of benzene rings is 2. The van der Waals surface area contributed by atoms with Crippen molar-refractivity contribution < 1.29 is 22.7 Å². The predicted octanol–water partition coefficient (Wildman–Crippen LogP) is 3.28. The number of thiophene rings is 1. The van der Waals surface area contributed by atoms with Gasteiger partial charge in [0.1, 0.15) is 15.5 Å². The standard InChI is InChI=1S/C21H20ClN3O5S2/c1-30-17-5-3-2-4-13(17)8-10-24-21(27)19-16(9-11-31-19)25-20(26)14-6-7-18(15(22)12-14)32(23,28)29/h2-7,9,11-12H,8,10H2,1H3,(H,24,27)(H,25,26)(H2,23,28,29). The van der Waals surface area contributed by atoms with Gasteiger partial charge in [0.2, 0.25) is 10.0 Å². The van der Waals surface area contributed by atoms with Crippen molar-refractivity contribution in [3.05, 3.63) is 74.9 Å². The summed E-state index contributed by atoms with van der Waals surface area (Å²) in [6.45, 7) is 0.384. The molecule has 0 unspecified atom stereocenters. The first-order chi connectivity index (χ1) is 15.2. The highest BCUT2D eigenvalue weighted by atomic mass is 35.5. The molecule has 3 rings (SSSR count). The Morgan fingerprint density at radius 3 is 2.56 bits per heavy atom. The quantitative estimate of drug-likeness (QED) is 0.443. The van der Waals surface area contributed by atoms with Gasteiger partial charge in [-0.2, -0.15) is 0 Å². The largest absolute Gasteiger partial charge is 0.496 e. The number of carbonyl (C=O) groups is 2. The smallest absolute Gasteiger partial charge is 0.263 e. The fourth-order valence-corrected chi connectivity index (χ4v) is 4.81. The van der Waals surface area contributed by atoms with Gasteiger partial charge >= 0.3 is 0 Å². The van der Waals surface area contributed by atoms with E-state index in [0.717, 1.165) is 17.4 Å². The summed E-state index contributed by atoms with van der Waals surface area (Å²) in [5.41, 5.74) is 1.42. The van der Waals surface area contributed by atoms with Crippen LogP contribution in [0, 0.1) is 0 Å². The lowest BCUT2D eigenvalue weighted by Gasteiger charge is -2.10. The first-order valence-corrected chi connectivity index (χ1v) is 12.1. The number of primary sulfonamides is 1. The number of para-hydroxylation sites is 1. The summed E-state index contributed by atoms with van der Waals surface area (Å²) < 4.78 is 28.2. The maximum absolute atomic E-state index is 12.6. The summed E-state index contributed by atoms with van der Waals surface area (Å²) in [6, 6.07) is 12.8. The molecule has 0 aliphatic rings. The molecular formula is C21H20ClN3O5S2.